The second kappa shape index (κ2) is 8.55. The first-order valence-electron chi connectivity index (χ1n) is 8.40. The van der Waals surface area contributed by atoms with Crippen molar-refractivity contribution in [2.75, 3.05) is 5.75 Å². The van der Waals surface area contributed by atoms with E-state index in [1.165, 1.54) is 0 Å². The molecule has 1 aromatic heterocycles. The molecule has 0 saturated carbocycles. The molecule has 0 aliphatic carbocycles. The van der Waals surface area contributed by atoms with Gasteiger partial charge in [0.25, 0.3) is 5.56 Å². The zero-order valence-electron chi connectivity index (χ0n) is 14.7. The van der Waals surface area contributed by atoms with Gasteiger partial charge >= 0.3 is 0 Å². The summed E-state index contributed by atoms with van der Waals surface area (Å²) in [4.78, 5) is 31.1. The molecule has 27 heavy (non-hydrogen) atoms. The Morgan fingerprint density at radius 2 is 1.78 bits per heavy atom. The van der Waals surface area contributed by atoms with E-state index in [0.717, 1.165) is 17.3 Å². The van der Waals surface area contributed by atoms with Crippen LogP contribution in [0.2, 0.25) is 0 Å². The number of hydrogen-bond acceptors (Lipinski definition) is 5. The highest BCUT2D eigenvalue weighted by Crippen LogP contribution is 2.25. The number of benzene rings is 2. The van der Waals surface area contributed by atoms with Gasteiger partial charge in [0.05, 0.1) is 11.8 Å². The maximum absolute atomic E-state index is 12.3. The van der Waals surface area contributed by atoms with E-state index in [0.29, 0.717) is 5.56 Å². The van der Waals surface area contributed by atoms with E-state index >= 15 is 0 Å². The fourth-order valence-electron chi connectivity index (χ4n) is 2.62. The lowest BCUT2D eigenvalue weighted by molar-refractivity contribution is -0.119. The molecule has 1 heterocycles. The number of carbonyl (C=O) groups excluding carboxylic acids is 1. The monoisotopic (exact) mass is 381 g/mol. The third-order valence-corrected chi connectivity index (χ3v) is 4.83. The molecule has 1 atom stereocenters. The van der Waals surface area contributed by atoms with Gasteiger partial charge < -0.3 is 15.4 Å². The number of aromatic hydroxyl groups is 1. The van der Waals surface area contributed by atoms with Crippen LogP contribution in [0, 0.1) is 0 Å². The van der Waals surface area contributed by atoms with Crippen LogP contribution in [0.4, 0.5) is 0 Å². The number of hydrogen-bond donors (Lipinski definition) is 3. The molecule has 0 spiro atoms. The van der Waals surface area contributed by atoms with Gasteiger partial charge in [0.15, 0.2) is 5.16 Å². The number of thioether (sulfide) groups is 1. The van der Waals surface area contributed by atoms with Crippen molar-refractivity contribution < 1.29 is 9.90 Å². The van der Waals surface area contributed by atoms with Gasteiger partial charge in [-0.2, -0.15) is 4.98 Å². The normalized spacial score (nSPS) is 11.7. The van der Waals surface area contributed by atoms with E-state index in [1.54, 1.807) is 24.3 Å². The third kappa shape index (κ3) is 4.77. The summed E-state index contributed by atoms with van der Waals surface area (Å²) < 4.78 is 0. The lowest BCUT2D eigenvalue weighted by atomic mass is 10.1. The Balaban J connectivity index is 1.65. The number of aromatic nitrogens is 2. The smallest absolute Gasteiger partial charge is 0.263 e. The van der Waals surface area contributed by atoms with E-state index in [9.17, 15) is 14.7 Å². The van der Waals surface area contributed by atoms with Gasteiger partial charge in [-0.05, 0) is 18.1 Å². The van der Waals surface area contributed by atoms with Gasteiger partial charge in [-0.15, -0.1) is 0 Å². The highest BCUT2D eigenvalue weighted by Gasteiger charge is 2.15. The fraction of sp³-hybridized carbons (Fsp3) is 0.150. The van der Waals surface area contributed by atoms with Crippen LogP contribution in [0.15, 0.2) is 70.6 Å². The first-order valence-corrected chi connectivity index (χ1v) is 9.39. The van der Waals surface area contributed by atoms with Gasteiger partial charge in [0, 0.05) is 0 Å². The Morgan fingerprint density at radius 3 is 2.41 bits per heavy atom. The zero-order valence-corrected chi connectivity index (χ0v) is 15.5. The Morgan fingerprint density at radius 1 is 1.15 bits per heavy atom. The summed E-state index contributed by atoms with van der Waals surface area (Å²) in [6.45, 7) is 1.90. The van der Waals surface area contributed by atoms with Crippen LogP contribution in [-0.2, 0) is 4.79 Å². The summed E-state index contributed by atoms with van der Waals surface area (Å²) in [6, 6.07) is 18.3. The molecule has 3 N–H and O–H groups in total. The molecule has 138 valence electrons. The summed E-state index contributed by atoms with van der Waals surface area (Å²) in [5.74, 6) is -0.472. The Labute approximate surface area is 160 Å². The van der Waals surface area contributed by atoms with E-state index in [2.05, 4.69) is 15.3 Å². The predicted octanol–water partition coefficient (Wildman–Crippen LogP) is 3.11. The molecule has 7 heteroatoms. The molecular formula is C20H19N3O3S. The van der Waals surface area contributed by atoms with Crippen molar-refractivity contribution in [3.8, 4) is 17.0 Å². The summed E-state index contributed by atoms with van der Waals surface area (Å²) in [7, 11) is 0. The van der Waals surface area contributed by atoms with E-state index in [4.69, 9.17) is 0 Å². The minimum Gasteiger partial charge on any atom is -0.493 e. The molecule has 2 aromatic carbocycles. The minimum absolute atomic E-state index is 0.0736. The number of rotatable bonds is 6. The molecule has 0 bridgehead atoms. The fourth-order valence-corrected chi connectivity index (χ4v) is 3.28. The molecule has 6 nitrogen and oxygen atoms in total. The van der Waals surface area contributed by atoms with E-state index in [1.807, 2.05) is 43.3 Å². The number of carbonyl (C=O) groups is 1. The highest BCUT2D eigenvalue weighted by atomic mass is 32.2. The first kappa shape index (κ1) is 18.7. The van der Waals surface area contributed by atoms with Gasteiger partial charge in [-0.25, -0.2) is 0 Å². The Kier molecular flexibility index (Phi) is 5.93. The average Bonchev–Trinajstić information content (AvgIpc) is 2.67. The van der Waals surface area contributed by atoms with Crippen LogP contribution in [0.25, 0.3) is 11.1 Å². The molecule has 3 rings (SSSR count). The largest absolute Gasteiger partial charge is 0.493 e. The Bertz CT molecular complexity index is 975. The van der Waals surface area contributed by atoms with Crippen molar-refractivity contribution in [2.24, 2.45) is 0 Å². The van der Waals surface area contributed by atoms with Crippen molar-refractivity contribution in [1.82, 2.24) is 15.3 Å². The van der Waals surface area contributed by atoms with E-state index in [-0.39, 0.29) is 34.3 Å². The number of aromatic amines is 1. The number of H-pyrrole nitrogens is 1. The zero-order chi connectivity index (χ0) is 19.2. The summed E-state index contributed by atoms with van der Waals surface area (Å²) in [5, 5.41) is 13.2. The molecule has 3 aromatic rings. The second-order valence-electron chi connectivity index (χ2n) is 5.92. The molecule has 1 unspecified atom stereocenters. The maximum Gasteiger partial charge on any atom is 0.263 e. The third-order valence-electron chi connectivity index (χ3n) is 3.96. The molecule has 0 radical (unpaired) electrons. The number of nitrogens with zero attached hydrogens (tertiary/aromatic N) is 1. The predicted molar refractivity (Wildman–Crippen MR) is 106 cm³/mol. The molecular weight excluding hydrogens is 362 g/mol. The lowest BCUT2D eigenvalue weighted by Gasteiger charge is -2.14. The standard InChI is InChI=1S/C20H19N3O3S/c1-13(14-8-4-2-5-9-14)21-16(24)12-27-20-22-18(25)17(19(26)23-20)15-10-6-3-7-11-15/h2-11,13H,12H2,1H3,(H,21,24)(H2,22,23,25,26). The molecule has 1 amide bonds. The van der Waals surface area contributed by atoms with Crippen LogP contribution in [0.5, 0.6) is 5.88 Å². The van der Waals surface area contributed by atoms with Gasteiger partial charge in [-0.1, -0.05) is 72.4 Å². The SMILES string of the molecule is CC(NC(=O)CSc1nc(O)c(-c2ccccc2)c(=O)[nH]1)c1ccccc1. The van der Waals surface area contributed by atoms with Gasteiger partial charge in [0.1, 0.15) is 5.56 Å². The quantitative estimate of drug-likeness (QED) is 0.450. The van der Waals surface area contributed by atoms with Crippen LogP contribution >= 0.6 is 11.8 Å². The second-order valence-corrected chi connectivity index (χ2v) is 6.89. The number of nitrogens with one attached hydrogen (secondary N) is 2. The molecule has 0 saturated heterocycles. The topological polar surface area (TPSA) is 95.1 Å². The molecule has 0 aliphatic heterocycles. The van der Waals surface area contributed by atoms with Crippen molar-refractivity contribution in [1.29, 1.82) is 0 Å². The number of amides is 1. The van der Waals surface area contributed by atoms with Gasteiger partial charge in [0.2, 0.25) is 11.8 Å². The average molecular weight is 381 g/mol. The Hall–Kier alpha value is -3.06. The van der Waals surface area contributed by atoms with Crippen LogP contribution in [-0.4, -0.2) is 26.7 Å². The maximum atomic E-state index is 12.3. The van der Waals surface area contributed by atoms with E-state index < -0.39 is 5.56 Å². The van der Waals surface area contributed by atoms with Crippen molar-refractivity contribution >= 4 is 17.7 Å². The highest BCUT2D eigenvalue weighted by molar-refractivity contribution is 7.99. The summed E-state index contributed by atoms with van der Waals surface area (Å²) >= 11 is 1.06. The van der Waals surface area contributed by atoms with Crippen molar-refractivity contribution in [3.63, 3.8) is 0 Å². The first-order chi connectivity index (χ1) is 13.0. The molecule has 0 fully saturated rings. The summed E-state index contributed by atoms with van der Waals surface area (Å²) in [6.07, 6.45) is 0. The van der Waals surface area contributed by atoms with Crippen LogP contribution in [0.1, 0.15) is 18.5 Å². The van der Waals surface area contributed by atoms with Crippen molar-refractivity contribution in [2.45, 2.75) is 18.1 Å². The van der Waals surface area contributed by atoms with Crippen LogP contribution in [0.3, 0.4) is 0 Å². The molecule has 0 aliphatic rings. The minimum atomic E-state index is -0.450. The van der Waals surface area contributed by atoms with Gasteiger partial charge in [-0.3, -0.25) is 9.59 Å². The van der Waals surface area contributed by atoms with Crippen LogP contribution < -0.4 is 10.9 Å². The summed E-state index contributed by atoms with van der Waals surface area (Å²) in [5.41, 5.74) is 1.25. The lowest BCUT2D eigenvalue weighted by Crippen LogP contribution is -2.28. The van der Waals surface area contributed by atoms with Crippen molar-refractivity contribution in [3.05, 3.63) is 76.6 Å².